The Morgan fingerprint density at radius 1 is 1.33 bits per heavy atom. The van der Waals surface area contributed by atoms with Gasteiger partial charge in [0.15, 0.2) is 10.6 Å². The van der Waals surface area contributed by atoms with Crippen LogP contribution in [0, 0.1) is 4.77 Å². The van der Waals surface area contributed by atoms with Crippen molar-refractivity contribution < 1.29 is 18.0 Å². The van der Waals surface area contributed by atoms with Gasteiger partial charge >= 0.3 is 0 Å². The van der Waals surface area contributed by atoms with Crippen LogP contribution in [0.1, 0.15) is 16.2 Å². The van der Waals surface area contributed by atoms with Gasteiger partial charge in [-0.3, -0.25) is 14.7 Å². The van der Waals surface area contributed by atoms with E-state index in [0.717, 1.165) is 4.31 Å². The first-order chi connectivity index (χ1) is 12.8. The monoisotopic (exact) mass is 410 g/mol. The molecule has 27 heavy (non-hydrogen) atoms. The van der Waals surface area contributed by atoms with E-state index in [-0.39, 0.29) is 42.9 Å². The van der Waals surface area contributed by atoms with Crippen molar-refractivity contribution in [3.8, 4) is 0 Å². The number of piperazine rings is 1. The molecule has 0 bridgehead atoms. The van der Waals surface area contributed by atoms with Gasteiger partial charge in [0.1, 0.15) is 0 Å². The van der Waals surface area contributed by atoms with Gasteiger partial charge in [-0.05, 0) is 36.5 Å². The molecule has 0 saturated carbocycles. The minimum atomic E-state index is -3.78. The van der Waals surface area contributed by atoms with Crippen LogP contribution in [0.25, 0.3) is 0 Å². The molecule has 1 aliphatic heterocycles. The van der Waals surface area contributed by atoms with Gasteiger partial charge in [0.05, 0.1) is 18.0 Å². The topological polar surface area (TPSA) is 129 Å². The van der Waals surface area contributed by atoms with Gasteiger partial charge in [-0.2, -0.15) is 9.40 Å². The molecule has 1 aliphatic rings. The summed E-state index contributed by atoms with van der Waals surface area (Å²) in [5.41, 5.74) is 0.308. The lowest BCUT2D eigenvalue weighted by molar-refractivity contribution is -0.122. The van der Waals surface area contributed by atoms with E-state index in [1.165, 1.54) is 24.3 Å². The molecule has 0 atom stereocenters. The van der Waals surface area contributed by atoms with Crippen LogP contribution in [0.5, 0.6) is 0 Å². The second-order valence-electron chi connectivity index (χ2n) is 5.90. The molecular formula is C15H18N6O4S2. The molecule has 1 aromatic heterocycles. The lowest BCUT2D eigenvalue weighted by Crippen LogP contribution is -2.49. The number of hydrogen-bond donors (Lipinski definition) is 3. The highest BCUT2D eigenvalue weighted by Gasteiger charge is 2.29. The number of carbonyl (C=O) groups is 2. The SMILES string of the molecule is Cn1c(CNC(=O)c2ccc(S(=O)(=O)N3CCNC(=O)C3)cc2)n[nH]c1=S. The summed E-state index contributed by atoms with van der Waals surface area (Å²) in [6.45, 7) is 0.443. The zero-order chi connectivity index (χ0) is 19.6. The third kappa shape index (κ3) is 4.07. The molecule has 0 aliphatic carbocycles. The molecule has 2 heterocycles. The standard InChI is InChI=1S/C15H18N6O4S2/c1-20-12(18-19-15(20)26)8-17-14(23)10-2-4-11(5-3-10)27(24,25)21-7-6-16-13(22)9-21/h2-5H,6-9H2,1H3,(H,16,22)(H,17,23)(H,19,26). The van der Waals surface area contributed by atoms with Gasteiger partial charge < -0.3 is 15.2 Å². The lowest BCUT2D eigenvalue weighted by Gasteiger charge is -2.25. The van der Waals surface area contributed by atoms with Crippen molar-refractivity contribution in [3.05, 3.63) is 40.4 Å². The van der Waals surface area contributed by atoms with Crippen LogP contribution in [0.3, 0.4) is 0 Å². The molecule has 0 spiro atoms. The average molecular weight is 410 g/mol. The third-order valence-corrected chi connectivity index (χ3v) is 6.36. The van der Waals surface area contributed by atoms with E-state index in [1.54, 1.807) is 11.6 Å². The Hall–Kier alpha value is -2.57. The fraction of sp³-hybridized carbons (Fsp3) is 0.333. The maximum absolute atomic E-state index is 12.6. The van der Waals surface area contributed by atoms with Crippen LogP contribution in [-0.2, 0) is 28.4 Å². The maximum atomic E-state index is 12.6. The number of nitrogens with one attached hydrogen (secondary N) is 3. The number of hydrogen-bond acceptors (Lipinski definition) is 6. The molecule has 144 valence electrons. The van der Waals surface area contributed by atoms with Gasteiger partial charge in [-0.1, -0.05) is 0 Å². The molecule has 1 saturated heterocycles. The highest BCUT2D eigenvalue weighted by atomic mass is 32.2. The van der Waals surface area contributed by atoms with E-state index in [2.05, 4.69) is 20.8 Å². The molecule has 0 radical (unpaired) electrons. The lowest BCUT2D eigenvalue weighted by atomic mass is 10.2. The Balaban J connectivity index is 1.69. The summed E-state index contributed by atoms with van der Waals surface area (Å²) < 4.78 is 28.4. The van der Waals surface area contributed by atoms with Crippen LogP contribution in [0.15, 0.2) is 29.2 Å². The Kier molecular flexibility index (Phi) is 5.39. The number of sulfonamides is 1. The van der Waals surface area contributed by atoms with Crippen LogP contribution in [0.2, 0.25) is 0 Å². The molecule has 1 fully saturated rings. The second kappa shape index (κ2) is 7.58. The first kappa shape index (κ1) is 19.2. The molecular weight excluding hydrogens is 392 g/mol. The molecule has 0 unspecified atom stereocenters. The fourth-order valence-corrected chi connectivity index (χ4v) is 4.09. The quantitative estimate of drug-likeness (QED) is 0.572. The van der Waals surface area contributed by atoms with Crippen LogP contribution >= 0.6 is 12.2 Å². The van der Waals surface area contributed by atoms with E-state index in [4.69, 9.17) is 12.2 Å². The van der Waals surface area contributed by atoms with Gasteiger partial charge in [0, 0.05) is 25.7 Å². The number of amides is 2. The molecule has 3 rings (SSSR count). The zero-order valence-electron chi connectivity index (χ0n) is 14.4. The minimum Gasteiger partial charge on any atom is -0.354 e. The number of carbonyl (C=O) groups excluding carboxylic acids is 2. The van der Waals surface area contributed by atoms with E-state index < -0.39 is 10.0 Å². The van der Waals surface area contributed by atoms with Crippen molar-refractivity contribution in [2.24, 2.45) is 7.05 Å². The Bertz CT molecular complexity index is 1030. The molecule has 1 aromatic carbocycles. The number of nitrogens with zero attached hydrogens (tertiary/aromatic N) is 3. The van der Waals surface area contributed by atoms with Gasteiger partial charge in [0.2, 0.25) is 15.9 Å². The Labute approximate surface area is 160 Å². The number of aromatic nitrogens is 3. The molecule has 2 aromatic rings. The fourth-order valence-electron chi connectivity index (χ4n) is 2.55. The zero-order valence-corrected chi connectivity index (χ0v) is 16.1. The normalized spacial score (nSPS) is 15.4. The van der Waals surface area contributed by atoms with Crippen molar-refractivity contribution in [2.45, 2.75) is 11.4 Å². The molecule has 10 nitrogen and oxygen atoms in total. The number of H-pyrrole nitrogens is 1. The van der Waals surface area contributed by atoms with E-state index >= 15 is 0 Å². The Morgan fingerprint density at radius 3 is 2.63 bits per heavy atom. The van der Waals surface area contributed by atoms with Crippen molar-refractivity contribution in [3.63, 3.8) is 0 Å². The summed E-state index contributed by atoms with van der Waals surface area (Å²) in [6, 6.07) is 5.56. The van der Waals surface area contributed by atoms with Crippen LogP contribution in [-0.4, -0.2) is 58.9 Å². The minimum absolute atomic E-state index is 0.0307. The van der Waals surface area contributed by atoms with Crippen molar-refractivity contribution in [1.29, 1.82) is 0 Å². The summed E-state index contributed by atoms with van der Waals surface area (Å²) in [4.78, 5) is 23.7. The van der Waals surface area contributed by atoms with E-state index in [1.807, 2.05) is 0 Å². The second-order valence-corrected chi connectivity index (χ2v) is 8.22. The van der Waals surface area contributed by atoms with Crippen molar-refractivity contribution in [2.75, 3.05) is 19.6 Å². The van der Waals surface area contributed by atoms with Crippen molar-refractivity contribution in [1.82, 2.24) is 29.7 Å². The largest absolute Gasteiger partial charge is 0.354 e. The van der Waals surface area contributed by atoms with E-state index in [9.17, 15) is 18.0 Å². The van der Waals surface area contributed by atoms with Crippen LogP contribution in [0.4, 0.5) is 0 Å². The molecule has 2 amide bonds. The molecule has 12 heteroatoms. The maximum Gasteiger partial charge on any atom is 0.251 e. The van der Waals surface area contributed by atoms with Gasteiger partial charge in [-0.25, -0.2) is 8.42 Å². The third-order valence-electron chi connectivity index (χ3n) is 4.14. The summed E-state index contributed by atoms with van der Waals surface area (Å²) in [6.07, 6.45) is 0. The van der Waals surface area contributed by atoms with Crippen molar-refractivity contribution >= 4 is 34.1 Å². The summed E-state index contributed by atoms with van der Waals surface area (Å²) in [5, 5.41) is 11.9. The average Bonchev–Trinajstić information content (AvgIpc) is 2.98. The number of aromatic amines is 1. The highest BCUT2D eigenvalue weighted by Crippen LogP contribution is 2.17. The highest BCUT2D eigenvalue weighted by molar-refractivity contribution is 7.89. The van der Waals surface area contributed by atoms with Gasteiger partial charge in [0.25, 0.3) is 5.91 Å². The van der Waals surface area contributed by atoms with E-state index in [0.29, 0.717) is 16.2 Å². The molecule has 3 N–H and O–H groups in total. The first-order valence-electron chi connectivity index (χ1n) is 8.04. The summed E-state index contributed by atoms with van der Waals surface area (Å²) in [5.74, 6) is -0.143. The first-order valence-corrected chi connectivity index (χ1v) is 9.89. The van der Waals surface area contributed by atoms with Gasteiger partial charge in [-0.15, -0.1) is 0 Å². The predicted octanol–water partition coefficient (Wildman–Crippen LogP) is -0.472. The summed E-state index contributed by atoms with van der Waals surface area (Å²) in [7, 11) is -2.05. The summed E-state index contributed by atoms with van der Waals surface area (Å²) >= 11 is 5.00. The smallest absolute Gasteiger partial charge is 0.251 e. The predicted molar refractivity (Wildman–Crippen MR) is 97.8 cm³/mol. The Morgan fingerprint density at radius 2 is 2.04 bits per heavy atom. The van der Waals surface area contributed by atoms with Crippen LogP contribution < -0.4 is 10.6 Å². The number of benzene rings is 1. The number of rotatable bonds is 5.